The number of hydroxylamine groups is 1. The Balaban J connectivity index is 1.50. The number of hydrogen-bond acceptors (Lipinski definition) is 6. The van der Waals surface area contributed by atoms with Crippen LogP contribution in [0, 0.1) is 0 Å². The fraction of sp³-hybridized carbons (Fsp3) is 0.225. The monoisotopic (exact) mass is 765 g/mol. The minimum absolute atomic E-state index is 0.0298. The average Bonchev–Trinajstić information content (AvgIpc) is 3.15. The number of carbonyl (C=O) groups is 1. The van der Waals surface area contributed by atoms with E-state index in [0.29, 0.717) is 18.8 Å². The van der Waals surface area contributed by atoms with Crippen molar-refractivity contribution in [3.05, 3.63) is 162 Å². The van der Waals surface area contributed by atoms with Crippen LogP contribution in [0.5, 0.6) is 11.5 Å². The van der Waals surface area contributed by atoms with Gasteiger partial charge >= 0.3 is 6.18 Å². The number of amides is 1. The van der Waals surface area contributed by atoms with E-state index in [2.05, 4.69) is 5.48 Å². The van der Waals surface area contributed by atoms with Crippen molar-refractivity contribution in [3.8, 4) is 11.5 Å². The molecule has 1 amide bonds. The second kappa shape index (κ2) is 17.3. The standard InChI is InChI=1S/C40H39ClF3N3O5S/c1-46(28-12-27-41)29-37(47(53(2,49)50)34-21-25-36(26-22-34)51-35-23-19-33(20-24-35)40(42,43)44)38(48)45-52-39(30-13-6-3-7-14-30,31-15-8-4-9-16-31)32-17-10-5-11-18-32/h3-11,13-26,37H,12,27-29H2,1-2H3,(H,45,48)/t37-/m0/s1. The number of rotatable bonds is 16. The highest BCUT2D eigenvalue weighted by atomic mass is 35.5. The molecule has 1 N–H and O–H groups in total. The molecule has 13 heteroatoms. The Labute approximate surface area is 312 Å². The van der Waals surface area contributed by atoms with Crippen molar-refractivity contribution in [2.24, 2.45) is 0 Å². The van der Waals surface area contributed by atoms with Crippen LogP contribution in [0.4, 0.5) is 18.9 Å². The van der Waals surface area contributed by atoms with Gasteiger partial charge in [-0.2, -0.15) is 13.2 Å². The highest BCUT2D eigenvalue weighted by molar-refractivity contribution is 7.92. The second-order valence-electron chi connectivity index (χ2n) is 12.3. The van der Waals surface area contributed by atoms with Gasteiger partial charge in [0.1, 0.15) is 17.5 Å². The number of ether oxygens (including phenoxy) is 1. The van der Waals surface area contributed by atoms with Gasteiger partial charge in [0.05, 0.1) is 17.5 Å². The number of benzene rings is 5. The highest BCUT2D eigenvalue weighted by Crippen LogP contribution is 2.40. The largest absolute Gasteiger partial charge is 0.457 e. The predicted octanol–water partition coefficient (Wildman–Crippen LogP) is 8.23. The van der Waals surface area contributed by atoms with Crippen LogP contribution in [0.2, 0.25) is 0 Å². The van der Waals surface area contributed by atoms with Crippen molar-refractivity contribution < 1.29 is 36.0 Å². The van der Waals surface area contributed by atoms with Crippen molar-refractivity contribution in [2.75, 3.05) is 36.6 Å². The molecule has 0 heterocycles. The van der Waals surface area contributed by atoms with Gasteiger partial charge in [0.2, 0.25) is 10.0 Å². The molecular weight excluding hydrogens is 727 g/mol. The van der Waals surface area contributed by atoms with Gasteiger partial charge < -0.3 is 9.64 Å². The van der Waals surface area contributed by atoms with Crippen LogP contribution in [0.3, 0.4) is 0 Å². The number of likely N-dealkylation sites (N-methyl/N-ethyl adjacent to an activating group) is 1. The topological polar surface area (TPSA) is 88.2 Å². The molecule has 0 unspecified atom stereocenters. The van der Waals surface area contributed by atoms with Gasteiger partial charge in [-0.25, -0.2) is 13.9 Å². The molecule has 0 radical (unpaired) electrons. The fourth-order valence-electron chi connectivity index (χ4n) is 5.98. The number of sulfonamides is 1. The van der Waals surface area contributed by atoms with Crippen LogP contribution in [0.25, 0.3) is 0 Å². The zero-order valence-corrected chi connectivity index (χ0v) is 30.6. The summed E-state index contributed by atoms with van der Waals surface area (Å²) in [7, 11) is -2.35. The van der Waals surface area contributed by atoms with Crippen molar-refractivity contribution in [2.45, 2.75) is 24.2 Å². The minimum Gasteiger partial charge on any atom is -0.457 e. The maximum absolute atomic E-state index is 14.5. The van der Waals surface area contributed by atoms with Gasteiger partial charge in [0.15, 0.2) is 5.60 Å². The summed E-state index contributed by atoms with van der Waals surface area (Å²) in [5, 5.41) is 0. The zero-order chi connectivity index (χ0) is 38.1. The first-order valence-corrected chi connectivity index (χ1v) is 19.0. The summed E-state index contributed by atoms with van der Waals surface area (Å²) in [6, 6.07) is 36.9. The lowest BCUT2D eigenvalue weighted by atomic mass is 9.80. The number of anilines is 1. The molecule has 0 fully saturated rings. The second-order valence-corrected chi connectivity index (χ2v) is 14.6. The Morgan fingerprint density at radius 3 is 1.60 bits per heavy atom. The van der Waals surface area contributed by atoms with Gasteiger partial charge in [-0.15, -0.1) is 11.6 Å². The molecule has 0 aliphatic heterocycles. The molecule has 8 nitrogen and oxygen atoms in total. The number of alkyl halides is 4. The summed E-state index contributed by atoms with van der Waals surface area (Å²) in [5.74, 6) is 0.0305. The first-order valence-electron chi connectivity index (χ1n) is 16.7. The molecule has 1 atom stereocenters. The summed E-state index contributed by atoms with van der Waals surface area (Å²) >= 11 is 5.96. The predicted molar refractivity (Wildman–Crippen MR) is 200 cm³/mol. The number of hydrogen-bond donors (Lipinski definition) is 1. The van der Waals surface area contributed by atoms with Gasteiger partial charge in [0.25, 0.3) is 5.91 Å². The Morgan fingerprint density at radius 2 is 1.19 bits per heavy atom. The normalized spacial score (nSPS) is 12.7. The van der Waals surface area contributed by atoms with Crippen LogP contribution in [0.15, 0.2) is 140 Å². The lowest BCUT2D eigenvalue weighted by molar-refractivity contribution is -0.145. The van der Waals surface area contributed by atoms with E-state index >= 15 is 0 Å². The van der Waals surface area contributed by atoms with Crippen LogP contribution in [-0.4, -0.2) is 57.5 Å². The average molecular weight is 766 g/mol. The van der Waals surface area contributed by atoms with Crippen LogP contribution >= 0.6 is 11.6 Å². The van der Waals surface area contributed by atoms with E-state index in [0.717, 1.165) is 39.4 Å². The lowest BCUT2D eigenvalue weighted by Crippen LogP contribution is -2.55. The number of nitrogens with zero attached hydrogens (tertiary/aromatic N) is 2. The maximum Gasteiger partial charge on any atom is 0.416 e. The molecule has 0 saturated heterocycles. The molecule has 5 aromatic carbocycles. The van der Waals surface area contributed by atoms with Gasteiger partial charge in [-0.3, -0.25) is 13.9 Å². The lowest BCUT2D eigenvalue weighted by Gasteiger charge is -2.37. The molecule has 0 saturated carbocycles. The SMILES string of the molecule is CN(CCCCl)C[C@@H](C(=O)NOC(c1ccccc1)(c1ccccc1)c1ccccc1)N(c1ccc(Oc2ccc(C(F)(F)F)cc2)cc1)S(C)(=O)=O. The van der Waals surface area contributed by atoms with Crippen molar-refractivity contribution in [1.82, 2.24) is 10.4 Å². The number of nitrogens with one attached hydrogen (secondary N) is 1. The Hall–Kier alpha value is -4.88. The Morgan fingerprint density at radius 1 is 0.736 bits per heavy atom. The van der Waals surface area contributed by atoms with E-state index in [1.807, 2.05) is 95.9 Å². The summed E-state index contributed by atoms with van der Waals surface area (Å²) in [6.45, 7) is 0.450. The van der Waals surface area contributed by atoms with E-state index in [4.69, 9.17) is 21.2 Å². The molecule has 0 bridgehead atoms. The van der Waals surface area contributed by atoms with E-state index < -0.39 is 39.3 Å². The van der Waals surface area contributed by atoms with E-state index in [-0.39, 0.29) is 23.7 Å². The molecule has 5 aromatic rings. The van der Waals surface area contributed by atoms with Gasteiger partial charge in [0, 0.05) is 12.4 Å². The fourth-order valence-corrected chi connectivity index (χ4v) is 7.23. The van der Waals surface area contributed by atoms with E-state index in [1.54, 1.807) is 7.05 Å². The number of carbonyl (C=O) groups excluding carboxylic acids is 1. The van der Waals surface area contributed by atoms with Crippen molar-refractivity contribution in [3.63, 3.8) is 0 Å². The van der Waals surface area contributed by atoms with Crippen LogP contribution in [0.1, 0.15) is 28.7 Å². The molecule has 53 heavy (non-hydrogen) atoms. The number of halogens is 4. The highest BCUT2D eigenvalue weighted by Gasteiger charge is 2.41. The third kappa shape index (κ3) is 9.76. The van der Waals surface area contributed by atoms with Crippen LogP contribution in [-0.2, 0) is 31.4 Å². The third-order valence-electron chi connectivity index (χ3n) is 8.46. The summed E-state index contributed by atoms with van der Waals surface area (Å²) in [5.41, 5.74) is 2.82. The first kappa shape index (κ1) is 39.3. The maximum atomic E-state index is 14.5. The van der Waals surface area contributed by atoms with E-state index in [9.17, 15) is 26.4 Å². The van der Waals surface area contributed by atoms with Crippen molar-refractivity contribution in [1.29, 1.82) is 0 Å². The van der Waals surface area contributed by atoms with Gasteiger partial charge in [-0.1, -0.05) is 91.0 Å². The third-order valence-corrected chi connectivity index (χ3v) is 9.90. The molecule has 0 aliphatic rings. The summed E-state index contributed by atoms with van der Waals surface area (Å²) < 4.78 is 73.0. The Kier molecular flexibility index (Phi) is 12.8. The van der Waals surface area contributed by atoms with E-state index in [1.165, 1.54) is 36.4 Å². The molecule has 0 aliphatic carbocycles. The van der Waals surface area contributed by atoms with Gasteiger partial charge in [-0.05, 0) is 85.2 Å². The molecule has 278 valence electrons. The summed E-state index contributed by atoms with van der Waals surface area (Å²) in [4.78, 5) is 22.8. The molecular formula is C40H39ClF3N3O5S. The smallest absolute Gasteiger partial charge is 0.416 e. The summed E-state index contributed by atoms with van der Waals surface area (Å²) in [6.07, 6.45) is -2.90. The molecule has 5 rings (SSSR count). The first-order chi connectivity index (χ1) is 25.3. The zero-order valence-electron chi connectivity index (χ0n) is 29.0. The molecule has 0 aromatic heterocycles. The molecule has 0 spiro atoms. The Bertz CT molecular complexity index is 1930. The quantitative estimate of drug-likeness (QED) is 0.0619. The van der Waals surface area contributed by atoms with Crippen LogP contribution < -0.4 is 14.5 Å². The minimum atomic E-state index is -4.49. The van der Waals surface area contributed by atoms with Crippen molar-refractivity contribution >= 4 is 33.2 Å².